The summed E-state index contributed by atoms with van der Waals surface area (Å²) in [4.78, 5) is 0. The Morgan fingerprint density at radius 1 is 0.816 bits per heavy atom. The zero-order chi connectivity index (χ0) is 26.8. The van der Waals surface area contributed by atoms with E-state index in [2.05, 4.69) is 149 Å². The topological polar surface area (TPSA) is 0 Å². The number of unbranched alkanes of at least 4 members (excludes halogenated alkanes) is 1. The lowest BCUT2D eigenvalue weighted by Gasteiger charge is -2.27. The van der Waals surface area contributed by atoms with E-state index >= 15 is 0 Å². The quantitative estimate of drug-likeness (QED) is 0.110. The van der Waals surface area contributed by atoms with Gasteiger partial charge in [0.05, 0.1) is 0 Å². The first kappa shape index (κ1) is 27.1. The van der Waals surface area contributed by atoms with Gasteiger partial charge in [0.25, 0.3) is 0 Å². The van der Waals surface area contributed by atoms with Crippen molar-refractivity contribution in [3.05, 3.63) is 161 Å². The van der Waals surface area contributed by atoms with E-state index in [-0.39, 0.29) is 5.41 Å². The van der Waals surface area contributed by atoms with Crippen LogP contribution in [-0.2, 0) is 18.3 Å². The van der Waals surface area contributed by atoms with Gasteiger partial charge >= 0.3 is 0 Å². The Morgan fingerprint density at radius 3 is 2.37 bits per heavy atom. The van der Waals surface area contributed by atoms with Gasteiger partial charge in [-0.3, -0.25) is 0 Å². The Bertz CT molecular complexity index is 1440. The van der Waals surface area contributed by atoms with Crippen molar-refractivity contribution in [2.45, 2.75) is 51.9 Å². The molecule has 0 fully saturated rings. The summed E-state index contributed by atoms with van der Waals surface area (Å²) in [6, 6.07) is 33.2. The van der Waals surface area contributed by atoms with E-state index in [1.807, 2.05) is 6.08 Å². The number of hydrogen-bond donors (Lipinski definition) is 0. The third-order valence-corrected chi connectivity index (χ3v) is 7.48. The summed E-state index contributed by atoms with van der Waals surface area (Å²) in [6.45, 7) is 10.6. The molecule has 0 spiro atoms. The van der Waals surface area contributed by atoms with Gasteiger partial charge in [-0.2, -0.15) is 0 Å². The van der Waals surface area contributed by atoms with Gasteiger partial charge in [-0.05, 0) is 76.8 Å². The first-order chi connectivity index (χ1) is 18.5. The molecule has 0 aliphatic carbocycles. The van der Waals surface area contributed by atoms with Crippen molar-refractivity contribution < 1.29 is 0 Å². The van der Waals surface area contributed by atoms with Crippen molar-refractivity contribution in [2.75, 3.05) is 0 Å². The van der Waals surface area contributed by atoms with Crippen LogP contribution in [-0.4, -0.2) is 0 Å². The van der Waals surface area contributed by atoms with Gasteiger partial charge in [0.15, 0.2) is 0 Å². The van der Waals surface area contributed by atoms with Crippen LogP contribution in [0.5, 0.6) is 0 Å². The van der Waals surface area contributed by atoms with Crippen LogP contribution in [0.3, 0.4) is 0 Å². The fourth-order valence-corrected chi connectivity index (χ4v) is 5.17. The summed E-state index contributed by atoms with van der Waals surface area (Å²) in [5.41, 5.74) is 7.91. The summed E-state index contributed by atoms with van der Waals surface area (Å²) in [7, 11) is 0. The minimum Gasteiger partial charge on any atom is -0.103 e. The molecular formula is C38H40. The summed E-state index contributed by atoms with van der Waals surface area (Å²) >= 11 is 0. The van der Waals surface area contributed by atoms with Crippen molar-refractivity contribution in [1.29, 1.82) is 0 Å². The van der Waals surface area contributed by atoms with Gasteiger partial charge in [-0.1, -0.05) is 141 Å². The molecule has 4 aromatic carbocycles. The van der Waals surface area contributed by atoms with Crippen LogP contribution in [0.2, 0.25) is 0 Å². The summed E-state index contributed by atoms with van der Waals surface area (Å²) in [5.74, 6) is 0. The lowest BCUT2D eigenvalue weighted by Crippen LogP contribution is -2.19. The van der Waals surface area contributed by atoms with E-state index in [9.17, 15) is 0 Å². The van der Waals surface area contributed by atoms with Crippen LogP contribution in [0.4, 0.5) is 0 Å². The first-order valence-corrected chi connectivity index (χ1v) is 13.8. The minimum atomic E-state index is -0.0584. The molecule has 0 N–H and O–H groups in total. The highest BCUT2D eigenvalue weighted by Crippen LogP contribution is 2.32. The average Bonchev–Trinajstić information content (AvgIpc) is 2.94. The molecule has 0 nitrogen and oxygen atoms in total. The van der Waals surface area contributed by atoms with E-state index in [1.54, 1.807) is 0 Å². The molecule has 0 saturated carbocycles. The maximum Gasteiger partial charge on any atom is 0.0143 e. The number of rotatable bonds is 11. The highest BCUT2D eigenvalue weighted by atomic mass is 14.3. The van der Waals surface area contributed by atoms with Crippen LogP contribution < -0.4 is 0 Å². The molecule has 4 aromatic rings. The second-order valence-corrected chi connectivity index (χ2v) is 10.5. The minimum absolute atomic E-state index is 0.0584. The number of aryl methyl sites for hydroxylation is 1. The molecule has 0 radical (unpaired) electrons. The molecular weight excluding hydrogens is 456 g/mol. The van der Waals surface area contributed by atoms with Gasteiger partial charge < -0.3 is 0 Å². The third kappa shape index (κ3) is 6.90. The number of hydrogen-bond acceptors (Lipinski definition) is 0. The zero-order valence-corrected chi connectivity index (χ0v) is 23.2. The molecule has 0 aliphatic heterocycles. The van der Waals surface area contributed by atoms with Crippen molar-refractivity contribution in [1.82, 2.24) is 0 Å². The monoisotopic (exact) mass is 496 g/mol. The van der Waals surface area contributed by atoms with Crippen LogP contribution in [0.25, 0.3) is 16.8 Å². The molecule has 0 aliphatic rings. The summed E-state index contributed by atoms with van der Waals surface area (Å²) < 4.78 is 0. The smallest absolute Gasteiger partial charge is 0.0143 e. The van der Waals surface area contributed by atoms with Crippen molar-refractivity contribution >= 4 is 16.8 Å². The second kappa shape index (κ2) is 13.1. The van der Waals surface area contributed by atoms with E-state index in [1.165, 1.54) is 44.2 Å². The number of benzene rings is 4. The van der Waals surface area contributed by atoms with Crippen LogP contribution in [0, 0.1) is 0 Å². The number of fused-ring (bicyclic) bond motifs is 1. The summed E-state index contributed by atoms with van der Waals surface area (Å²) in [6.07, 6.45) is 17.3. The lowest BCUT2D eigenvalue weighted by molar-refractivity contribution is 0.637. The Labute approximate surface area is 229 Å². The predicted octanol–water partition coefficient (Wildman–Crippen LogP) is 10.4. The van der Waals surface area contributed by atoms with Gasteiger partial charge in [0.2, 0.25) is 0 Å². The average molecular weight is 497 g/mol. The van der Waals surface area contributed by atoms with Crippen molar-refractivity contribution in [3.63, 3.8) is 0 Å². The molecule has 0 saturated heterocycles. The summed E-state index contributed by atoms with van der Waals surface area (Å²) in [5, 5.41) is 2.64. The van der Waals surface area contributed by atoms with E-state index in [4.69, 9.17) is 0 Å². The van der Waals surface area contributed by atoms with Crippen molar-refractivity contribution in [2.24, 2.45) is 0 Å². The third-order valence-electron chi connectivity index (χ3n) is 7.48. The zero-order valence-electron chi connectivity index (χ0n) is 23.2. The molecule has 4 rings (SSSR count). The maximum atomic E-state index is 3.83. The van der Waals surface area contributed by atoms with Gasteiger partial charge in [-0.25, -0.2) is 0 Å². The predicted molar refractivity (Wildman–Crippen MR) is 168 cm³/mol. The Morgan fingerprint density at radius 2 is 1.58 bits per heavy atom. The molecule has 0 aromatic heterocycles. The fraction of sp³-hybridized carbons (Fsp3) is 0.211. The van der Waals surface area contributed by atoms with Gasteiger partial charge in [0, 0.05) is 5.41 Å². The van der Waals surface area contributed by atoms with Crippen LogP contribution in [0.1, 0.15) is 61.4 Å². The Balaban J connectivity index is 1.42. The molecule has 0 bridgehead atoms. The lowest BCUT2D eigenvalue weighted by atomic mass is 9.77. The van der Waals surface area contributed by atoms with E-state index < -0.39 is 0 Å². The first-order valence-electron chi connectivity index (χ1n) is 13.8. The fourth-order valence-electron chi connectivity index (χ4n) is 5.17. The largest absolute Gasteiger partial charge is 0.103 e. The van der Waals surface area contributed by atoms with Gasteiger partial charge in [0.1, 0.15) is 0 Å². The highest BCUT2D eigenvalue weighted by Gasteiger charge is 2.23. The second-order valence-electron chi connectivity index (χ2n) is 10.5. The molecule has 38 heavy (non-hydrogen) atoms. The highest BCUT2D eigenvalue weighted by molar-refractivity contribution is 5.86. The van der Waals surface area contributed by atoms with E-state index in [0.29, 0.717) is 0 Å². The number of allylic oxidation sites excluding steroid dienone is 6. The van der Waals surface area contributed by atoms with Crippen molar-refractivity contribution in [3.8, 4) is 0 Å². The maximum absolute atomic E-state index is 3.83. The molecule has 192 valence electrons. The van der Waals surface area contributed by atoms with Crippen LogP contribution >= 0.6 is 0 Å². The van der Waals surface area contributed by atoms with E-state index in [0.717, 1.165) is 25.7 Å². The standard InChI is InChI=1S/C38H40/c1-5-7-8-15-30-24-26-36(27-25-30)38(3,4)35(6-2)22-11-9-16-31-17-13-18-32(28-31)29-34-21-14-20-33-19-10-12-23-37(33)34/h5-6,9-14,16-28H,1,7-8,15,29H2,2-4H3/b16-9+,22-11-,35-6+. The molecule has 0 atom stereocenters. The Hall–Kier alpha value is -3.90. The SMILES string of the molecule is C=CCCCc1ccc(C(C)(C)C(/C=C\C=C\c2cccc(Cc3cccc4ccccc34)c2)=C/C)cc1. The molecule has 0 heteroatoms. The normalized spacial score (nSPS) is 12.6. The van der Waals surface area contributed by atoms with Gasteiger partial charge in [-0.15, -0.1) is 6.58 Å². The molecule has 0 unspecified atom stereocenters. The Kier molecular flexibility index (Phi) is 9.33. The molecule has 0 heterocycles. The molecule has 0 amide bonds. The van der Waals surface area contributed by atoms with Crippen LogP contribution in [0.15, 0.2) is 134 Å².